The molecule has 0 aliphatic heterocycles. The smallest absolute Gasteiger partial charge is 0.389 e. The Morgan fingerprint density at radius 3 is 2.43 bits per heavy atom. The lowest BCUT2D eigenvalue weighted by atomic mass is 10.2. The molecular formula is C16H23F3N2O2. The number of ether oxygens (including phenoxy) is 1. The Bertz CT molecular complexity index is 461. The normalized spacial score (nSPS) is 11.3. The highest BCUT2D eigenvalue weighted by Gasteiger charge is 2.25. The number of amides is 1. The van der Waals surface area contributed by atoms with E-state index in [2.05, 4.69) is 10.6 Å². The van der Waals surface area contributed by atoms with Crippen LogP contribution in [0.5, 0.6) is 5.75 Å². The molecule has 0 aliphatic carbocycles. The van der Waals surface area contributed by atoms with Gasteiger partial charge in [-0.05, 0) is 30.5 Å². The van der Waals surface area contributed by atoms with Crippen molar-refractivity contribution in [3.8, 4) is 5.75 Å². The second kappa shape index (κ2) is 10.1. The number of alkyl halides is 3. The maximum atomic E-state index is 12.0. The van der Waals surface area contributed by atoms with Crippen LogP contribution in [0, 0.1) is 0 Å². The summed E-state index contributed by atoms with van der Waals surface area (Å²) in [4.78, 5) is 10.7. The van der Waals surface area contributed by atoms with Crippen LogP contribution in [0.1, 0.15) is 31.7 Å². The van der Waals surface area contributed by atoms with Gasteiger partial charge in [-0.2, -0.15) is 13.2 Å². The van der Waals surface area contributed by atoms with Gasteiger partial charge in [0, 0.05) is 33.0 Å². The van der Waals surface area contributed by atoms with E-state index in [1.165, 1.54) is 6.92 Å². The molecule has 1 rings (SSSR count). The molecule has 0 saturated heterocycles. The Kier molecular flexibility index (Phi) is 8.47. The van der Waals surface area contributed by atoms with Gasteiger partial charge in [-0.15, -0.1) is 0 Å². The van der Waals surface area contributed by atoms with Crippen molar-refractivity contribution in [2.75, 3.05) is 19.7 Å². The third kappa shape index (κ3) is 10.6. The van der Waals surface area contributed by atoms with Crippen molar-refractivity contribution < 1.29 is 22.7 Å². The molecule has 130 valence electrons. The fraction of sp³-hybridized carbons (Fsp3) is 0.562. The second-order valence-electron chi connectivity index (χ2n) is 5.22. The largest absolute Gasteiger partial charge is 0.494 e. The summed E-state index contributed by atoms with van der Waals surface area (Å²) in [7, 11) is 0. The minimum absolute atomic E-state index is 0.0523. The number of carbonyl (C=O) groups is 1. The number of carbonyl (C=O) groups excluding carboxylic acids is 1. The van der Waals surface area contributed by atoms with E-state index in [1.54, 1.807) is 12.1 Å². The number of hydrogen-bond acceptors (Lipinski definition) is 3. The molecular weight excluding hydrogens is 309 g/mol. The van der Waals surface area contributed by atoms with Crippen LogP contribution in [0.4, 0.5) is 13.2 Å². The molecule has 4 nitrogen and oxygen atoms in total. The minimum atomic E-state index is -4.09. The van der Waals surface area contributed by atoms with Gasteiger partial charge < -0.3 is 15.4 Å². The monoisotopic (exact) mass is 332 g/mol. The van der Waals surface area contributed by atoms with E-state index in [0.29, 0.717) is 31.8 Å². The predicted molar refractivity (Wildman–Crippen MR) is 82.2 cm³/mol. The van der Waals surface area contributed by atoms with E-state index in [9.17, 15) is 18.0 Å². The highest BCUT2D eigenvalue weighted by molar-refractivity contribution is 5.72. The van der Waals surface area contributed by atoms with Crippen LogP contribution in [-0.2, 0) is 11.3 Å². The minimum Gasteiger partial charge on any atom is -0.494 e. The summed E-state index contributed by atoms with van der Waals surface area (Å²) >= 11 is 0. The predicted octanol–water partition coefficient (Wildman–Crippen LogP) is 3.02. The Labute approximate surface area is 134 Å². The molecule has 0 bridgehead atoms. The maximum Gasteiger partial charge on any atom is 0.389 e. The zero-order chi connectivity index (χ0) is 17.1. The van der Waals surface area contributed by atoms with Crippen LogP contribution in [0.15, 0.2) is 24.3 Å². The van der Waals surface area contributed by atoms with Gasteiger partial charge in [-0.3, -0.25) is 4.79 Å². The first kappa shape index (κ1) is 19.3. The van der Waals surface area contributed by atoms with Gasteiger partial charge in [0.15, 0.2) is 0 Å². The lowest BCUT2D eigenvalue weighted by Crippen LogP contribution is -2.29. The van der Waals surface area contributed by atoms with Crippen molar-refractivity contribution in [2.24, 2.45) is 0 Å². The molecule has 23 heavy (non-hydrogen) atoms. The SMILES string of the molecule is CC(=O)NCCNCc1ccc(OCCCCC(F)(F)F)cc1. The second-order valence-corrected chi connectivity index (χ2v) is 5.22. The average molecular weight is 332 g/mol. The van der Waals surface area contributed by atoms with Gasteiger partial charge in [-0.25, -0.2) is 0 Å². The Hall–Kier alpha value is -1.76. The zero-order valence-electron chi connectivity index (χ0n) is 13.2. The first-order chi connectivity index (χ1) is 10.9. The first-order valence-electron chi connectivity index (χ1n) is 7.60. The topological polar surface area (TPSA) is 50.4 Å². The number of hydrogen-bond donors (Lipinski definition) is 2. The molecule has 0 atom stereocenters. The van der Waals surface area contributed by atoms with Gasteiger partial charge >= 0.3 is 6.18 Å². The standard InChI is InChI=1S/C16H23F3N2O2/c1-13(22)21-10-9-20-12-14-4-6-15(7-5-14)23-11-3-2-8-16(17,18)19/h4-7,20H,2-3,8-12H2,1H3,(H,21,22). The summed E-state index contributed by atoms with van der Waals surface area (Å²) < 4.78 is 41.3. The quantitative estimate of drug-likeness (QED) is 0.648. The average Bonchev–Trinajstić information content (AvgIpc) is 2.46. The molecule has 0 aromatic heterocycles. The molecule has 1 aromatic carbocycles. The number of rotatable bonds is 10. The molecule has 0 unspecified atom stereocenters. The molecule has 0 heterocycles. The highest BCUT2D eigenvalue weighted by Crippen LogP contribution is 2.22. The third-order valence-corrected chi connectivity index (χ3v) is 3.05. The summed E-state index contributed by atoms with van der Waals surface area (Å²) in [6.07, 6.45) is -4.39. The Balaban J connectivity index is 2.14. The molecule has 0 spiro atoms. The molecule has 0 fully saturated rings. The molecule has 2 N–H and O–H groups in total. The lowest BCUT2D eigenvalue weighted by molar-refractivity contribution is -0.135. The van der Waals surface area contributed by atoms with Crippen molar-refractivity contribution in [3.63, 3.8) is 0 Å². The van der Waals surface area contributed by atoms with Crippen LogP contribution in [0.2, 0.25) is 0 Å². The maximum absolute atomic E-state index is 12.0. The lowest BCUT2D eigenvalue weighted by Gasteiger charge is -2.09. The summed E-state index contributed by atoms with van der Waals surface area (Å²) in [6, 6.07) is 7.40. The first-order valence-corrected chi connectivity index (χ1v) is 7.60. The van der Waals surface area contributed by atoms with Crippen LogP contribution in [-0.4, -0.2) is 31.8 Å². The Morgan fingerprint density at radius 1 is 1.13 bits per heavy atom. The number of benzene rings is 1. The zero-order valence-corrected chi connectivity index (χ0v) is 13.2. The summed E-state index contributed by atoms with van der Waals surface area (Å²) in [5.41, 5.74) is 1.07. The van der Waals surface area contributed by atoms with Crippen molar-refractivity contribution in [3.05, 3.63) is 29.8 Å². The van der Waals surface area contributed by atoms with Crippen LogP contribution in [0.3, 0.4) is 0 Å². The van der Waals surface area contributed by atoms with Crippen molar-refractivity contribution >= 4 is 5.91 Å². The molecule has 0 radical (unpaired) electrons. The van der Waals surface area contributed by atoms with Crippen LogP contribution in [0.25, 0.3) is 0 Å². The van der Waals surface area contributed by atoms with Crippen molar-refractivity contribution in [1.29, 1.82) is 0 Å². The van der Waals surface area contributed by atoms with Crippen LogP contribution < -0.4 is 15.4 Å². The Morgan fingerprint density at radius 2 is 1.83 bits per heavy atom. The number of nitrogens with one attached hydrogen (secondary N) is 2. The summed E-state index contributed by atoms with van der Waals surface area (Å²) in [5.74, 6) is 0.600. The molecule has 0 saturated carbocycles. The van der Waals surface area contributed by atoms with E-state index < -0.39 is 12.6 Å². The van der Waals surface area contributed by atoms with Gasteiger partial charge in [-0.1, -0.05) is 12.1 Å². The van der Waals surface area contributed by atoms with E-state index in [0.717, 1.165) is 5.56 Å². The number of unbranched alkanes of at least 4 members (excludes halogenated alkanes) is 1. The van der Waals surface area contributed by atoms with Gasteiger partial charge in [0.2, 0.25) is 5.91 Å². The molecule has 1 aromatic rings. The molecule has 1 amide bonds. The highest BCUT2D eigenvalue weighted by atomic mass is 19.4. The van der Waals surface area contributed by atoms with E-state index >= 15 is 0 Å². The van der Waals surface area contributed by atoms with Gasteiger partial charge in [0.05, 0.1) is 6.61 Å². The number of halogens is 3. The fourth-order valence-corrected chi connectivity index (χ4v) is 1.88. The third-order valence-electron chi connectivity index (χ3n) is 3.05. The van der Waals surface area contributed by atoms with Gasteiger partial charge in [0.1, 0.15) is 5.75 Å². The van der Waals surface area contributed by atoms with Gasteiger partial charge in [0.25, 0.3) is 0 Å². The molecule has 7 heteroatoms. The summed E-state index contributed by atoms with van der Waals surface area (Å²) in [6.45, 7) is 3.68. The fourth-order valence-electron chi connectivity index (χ4n) is 1.88. The van der Waals surface area contributed by atoms with E-state index in [-0.39, 0.29) is 18.9 Å². The van der Waals surface area contributed by atoms with E-state index in [1.807, 2.05) is 12.1 Å². The van der Waals surface area contributed by atoms with Crippen molar-refractivity contribution in [1.82, 2.24) is 10.6 Å². The van der Waals surface area contributed by atoms with Crippen molar-refractivity contribution in [2.45, 2.75) is 38.9 Å². The van der Waals surface area contributed by atoms with Crippen LogP contribution >= 0.6 is 0 Å². The molecule has 0 aliphatic rings. The van der Waals surface area contributed by atoms with E-state index in [4.69, 9.17) is 4.74 Å². The summed E-state index contributed by atoms with van der Waals surface area (Å²) in [5, 5.41) is 5.88.